The van der Waals surface area contributed by atoms with Crippen LogP contribution in [0.2, 0.25) is 0 Å². The predicted molar refractivity (Wildman–Crippen MR) is 103 cm³/mol. The van der Waals surface area contributed by atoms with Crippen LogP contribution in [0.5, 0.6) is 5.75 Å². The second kappa shape index (κ2) is 7.15. The molecule has 6 nitrogen and oxygen atoms in total. The number of benzene rings is 1. The Balaban J connectivity index is 1.83. The number of amides is 1. The number of nitrogens with zero attached hydrogens (tertiary/aromatic N) is 1. The number of ether oxygens (including phenoxy) is 2. The molecule has 3 rings (SSSR count). The van der Waals surface area contributed by atoms with Crippen molar-refractivity contribution in [2.45, 2.75) is 33.1 Å². The molecule has 0 unspecified atom stereocenters. The van der Waals surface area contributed by atoms with Gasteiger partial charge in [0, 0.05) is 18.7 Å². The van der Waals surface area contributed by atoms with Gasteiger partial charge in [-0.05, 0) is 60.9 Å². The van der Waals surface area contributed by atoms with E-state index < -0.39 is 5.41 Å². The third-order valence-electron chi connectivity index (χ3n) is 6.31. The molecule has 2 N–H and O–H groups in total. The lowest BCUT2D eigenvalue weighted by atomic mass is 9.48. The Morgan fingerprint density at radius 3 is 2.63 bits per heavy atom. The van der Waals surface area contributed by atoms with Gasteiger partial charge in [0.1, 0.15) is 5.75 Å². The zero-order chi connectivity index (χ0) is 19.8. The number of carbonyl (C=O) groups is 2. The molecule has 1 aromatic rings. The molecule has 2 fully saturated rings. The number of carbonyl (C=O) groups excluding carboxylic acids is 2. The molecule has 27 heavy (non-hydrogen) atoms. The molecule has 148 valence electrons. The van der Waals surface area contributed by atoms with E-state index in [0.717, 1.165) is 30.6 Å². The van der Waals surface area contributed by atoms with Gasteiger partial charge >= 0.3 is 5.97 Å². The van der Waals surface area contributed by atoms with Crippen LogP contribution in [-0.4, -0.2) is 50.6 Å². The van der Waals surface area contributed by atoms with Gasteiger partial charge in [-0.1, -0.05) is 13.8 Å². The molecule has 1 saturated carbocycles. The molecule has 1 heterocycles. The lowest BCUT2D eigenvalue weighted by Crippen LogP contribution is -2.57. The first kappa shape index (κ1) is 19.7. The first-order chi connectivity index (χ1) is 12.8. The smallest absolute Gasteiger partial charge is 0.314 e. The van der Waals surface area contributed by atoms with Crippen molar-refractivity contribution in [1.29, 1.82) is 0 Å². The first-order valence-corrected chi connectivity index (χ1v) is 9.54. The van der Waals surface area contributed by atoms with E-state index in [1.54, 1.807) is 13.2 Å². The molecule has 0 aromatic heterocycles. The van der Waals surface area contributed by atoms with Gasteiger partial charge in [0.25, 0.3) is 5.91 Å². The summed E-state index contributed by atoms with van der Waals surface area (Å²) < 4.78 is 10.5. The molecule has 0 radical (unpaired) electrons. The summed E-state index contributed by atoms with van der Waals surface area (Å²) in [6, 6.07) is 5.53. The monoisotopic (exact) mass is 374 g/mol. The fourth-order valence-electron chi connectivity index (χ4n) is 5.11. The largest absolute Gasteiger partial charge is 0.496 e. The topological polar surface area (TPSA) is 81.9 Å². The van der Waals surface area contributed by atoms with Crippen molar-refractivity contribution < 1.29 is 19.1 Å². The minimum Gasteiger partial charge on any atom is -0.496 e. The maximum Gasteiger partial charge on any atom is 0.314 e. The zero-order valence-electron chi connectivity index (χ0n) is 16.7. The van der Waals surface area contributed by atoms with Crippen LogP contribution in [0.3, 0.4) is 0 Å². The first-order valence-electron chi connectivity index (χ1n) is 9.54. The highest BCUT2D eigenvalue weighted by atomic mass is 16.5. The van der Waals surface area contributed by atoms with Crippen molar-refractivity contribution in [2.24, 2.45) is 22.5 Å². The van der Waals surface area contributed by atoms with E-state index in [1.165, 1.54) is 7.11 Å². The average molecular weight is 374 g/mol. The SMILES string of the molecule is COC(=O)[C@@]12CN(C(=O)c3ccc(OC)c(CCCN)c3)C[C@@H]1C(C)(C)C2. The minimum atomic E-state index is -0.553. The second-order valence-corrected chi connectivity index (χ2v) is 8.47. The lowest BCUT2D eigenvalue weighted by Gasteiger charge is -2.54. The Hall–Kier alpha value is -2.08. The van der Waals surface area contributed by atoms with Crippen molar-refractivity contribution in [3.63, 3.8) is 0 Å². The van der Waals surface area contributed by atoms with Crippen LogP contribution < -0.4 is 10.5 Å². The number of likely N-dealkylation sites (tertiary alicyclic amines) is 1. The fourth-order valence-corrected chi connectivity index (χ4v) is 5.11. The van der Waals surface area contributed by atoms with Gasteiger partial charge in [0.2, 0.25) is 0 Å². The minimum absolute atomic E-state index is 0.0371. The van der Waals surface area contributed by atoms with Crippen LogP contribution in [0.1, 0.15) is 42.6 Å². The Bertz CT molecular complexity index is 746. The van der Waals surface area contributed by atoms with Crippen molar-refractivity contribution in [1.82, 2.24) is 4.90 Å². The summed E-state index contributed by atoms with van der Waals surface area (Å²) in [6.45, 7) is 5.92. The summed E-state index contributed by atoms with van der Waals surface area (Å²) in [5.41, 5.74) is 6.72. The number of hydrogen-bond donors (Lipinski definition) is 1. The molecule has 1 amide bonds. The normalized spacial score (nSPS) is 25.5. The standard InChI is InChI=1S/C21H30N2O4/c1-20(2)12-21(19(25)27-4)13-23(11-17(20)21)18(24)15-7-8-16(26-3)14(10-15)6-5-9-22/h7-8,10,17H,5-6,9,11-13,22H2,1-4H3/t17-,21+/m1/s1. The Morgan fingerprint density at radius 1 is 1.30 bits per heavy atom. The van der Waals surface area contributed by atoms with Crippen LogP contribution in [0.4, 0.5) is 0 Å². The number of methoxy groups -OCH3 is 2. The van der Waals surface area contributed by atoms with Crippen molar-refractivity contribution in [3.8, 4) is 5.75 Å². The van der Waals surface area contributed by atoms with E-state index in [0.29, 0.717) is 25.2 Å². The van der Waals surface area contributed by atoms with Crippen LogP contribution in [0, 0.1) is 16.7 Å². The highest BCUT2D eigenvalue weighted by Gasteiger charge is 2.68. The van der Waals surface area contributed by atoms with Crippen molar-refractivity contribution in [2.75, 3.05) is 33.9 Å². The highest BCUT2D eigenvalue weighted by Crippen LogP contribution is 2.63. The number of hydrogen-bond acceptors (Lipinski definition) is 5. The average Bonchev–Trinajstić information content (AvgIpc) is 3.00. The zero-order valence-corrected chi connectivity index (χ0v) is 16.7. The van der Waals surface area contributed by atoms with Gasteiger partial charge in [0.15, 0.2) is 0 Å². The lowest BCUT2D eigenvalue weighted by molar-refractivity contribution is -0.174. The van der Waals surface area contributed by atoms with E-state index in [2.05, 4.69) is 13.8 Å². The Labute approximate surface area is 161 Å². The molecule has 1 aromatic carbocycles. The molecular formula is C21H30N2O4. The second-order valence-electron chi connectivity index (χ2n) is 8.47. The van der Waals surface area contributed by atoms with Gasteiger partial charge in [-0.25, -0.2) is 0 Å². The summed E-state index contributed by atoms with van der Waals surface area (Å²) in [7, 11) is 3.06. The fraction of sp³-hybridized carbons (Fsp3) is 0.619. The van der Waals surface area contributed by atoms with Gasteiger partial charge in [-0.3, -0.25) is 9.59 Å². The maximum atomic E-state index is 13.2. The van der Waals surface area contributed by atoms with Crippen LogP contribution in [-0.2, 0) is 16.0 Å². The summed E-state index contributed by atoms with van der Waals surface area (Å²) in [5.74, 6) is 0.672. The Kier molecular flexibility index (Phi) is 5.21. The van der Waals surface area contributed by atoms with E-state index in [1.807, 2.05) is 17.0 Å². The molecule has 0 spiro atoms. The van der Waals surface area contributed by atoms with Crippen LogP contribution in [0.25, 0.3) is 0 Å². The highest BCUT2D eigenvalue weighted by molar-refractivity contribution is 5.96. The molecule has 2 aliphatic rings. The molecule has 6 heteroatoms. The van der Waals surface area contributed by atoms with Gasteiger partial charge < -0.3 is 20.1 Å². The van der Waals surface area contributed by atoms with E-state index >= 15 is 0 Å². The molecular weight excluding hydrogens is 344 g/mol. The van der Waals surface area contributed by atoms with Crippen LogP contribution >= 0.6 is 0 Å². The van der Waals surface area contributed by atoms with Crippen LogP contribution in [0.15, 0.2) is 18.2 Å². The van der Waals surface area contributed by atoms with Crippen molar-refractivity contribution >= 4 is 11.9 Å². The van der Waals surface area contributed by atoms with Crippen molar-refractivity contribution in [3.05, 3.63) is 29.3 Å². The number of rotatable bonds is 6. The third-order valence-corrected chi connectivity index (χ3v) is 6.31. The number of esters is 1. The third kappa shape index (κ3) is 3.20. The van der Waals surface area contributed by atoms with Gasteiger partial charge in [-0.15, -0.1) is 0 Å². The van der Waals surface area contributed by atoms with Gasteiger partial charge in [-0.2, -0.15) is 0 Å². The summed E-state index contributed by atoms with van der Waals surface area (Å²) in [6.07, 6.45) is 2.35. The van der Waals surface area contributed by atoms with E-state index in [-0.39, 0.29) is 23.2 Å². The predicted octanol–water partition coefficient (Wildman–Crippen LogP) is 2.25. The van der Waals surface area contributed by atoms with E-state index in [4.69, 9.17) is 15.2 Å². The Morgan fingerprint density at radius 2 is 2.04 bits per heavy atom. The molecule has 1 saturated heterocycles. The molecule has 1 aliphatic carbocycles. The number of aryl methyl sites for hydroxylation is 1. The number of nitrogens with two attached hydrogens (primary N) is 1. The molecule has 1 aliphatic heterocycles. The summed E-state index contributed by atoms with van der Waals surface area (Å²) in [4.78, 5) is 27.4. The summed E-state index contributed by atoms with van der Waals surface area (Å²) in [5, 5.41) is 0. The maximum absolute atomic E-state index is 13.2. The van der Waals surface area contributed by atoms with E-state index in [9.17, 15) is 9.59 Å². The summed E-state index contributed by atoms with van der Waals surface area (Å²) >= 11 is 0. The molecule has 0 bridgehead atoms. The number of fused-ring (bicyclic) bond motifs is 1. The molecule has 2 atom stereocenters. The quantitative estimate of drug-likeness (QED) is 0.773. The van der Waals surface area contributed by atoms with Gasteiger partial charge in [0.05, 0.1) is 19.6 Å².